The van der Waals surface area contributed by atoms with Crippen LogP contribution in [0.15, 0.2) is 54.2 Å². The van der Waals surface area contributed by atoms with Crippen LogP contribution in [-0.2, 0) is 0 Å². The minimum absolute atomic E-state index is 0.838. The molecule has 0 amide bonds. The van der Waals surface area contributed by atoms with Gasteiger partial charge < -0.3 is 5.32 Å². The molecule has 96 valence electrons. The summed E-state index contributed by atoms with van der Waals surface area (Å²) in [6.07, 6.45) is 6.15. The summed E-state index contributed by atoms with van der Waals surface area (Å²) in [5, 5.41) is 3.39. The molecule has 1 rings (SSSR count). The summed E-state index contributed by atoms with van der Waals surface area (Å²) >= 11 is 0. The van der Waals surface area contributed by atoms with E-state index in [1.165, 1.54) is 28.0 Å². The van der Waals surface area contributed by atoms with Gasteiger partial charge in [0.2, 0.25) is 0 Å². The molecule has 0 fully saturated rings. The highest BCUT2D eigenvalue weighted by molar-refractivity contribution is 5.48. The molecule has 0 saturated carbocycles. The van der Waals surface area contributed by atoms with Crippen molar-refractivity contribution in [2.24, 2.45) is 0 Å². The van der Waals surface area contributed by atoms with Crippen LogP contribution in [0.3, 0.4) is 0 Å². The fourth-order valence-electron chi connectivity index (χ4n) is 1.56. The molecule has 0 heterocycles. The highest BCUT2D eigenvalue weighted by Crippen LogP contribution is 2.13. The van der Waals surface area contributed by atoms with Gasteiger partial charge in [0.05, 0.1) is 0 Å². The summed E-state index contributed by atoms with van der Waals surface area (Å²) in [4.78, 5) is 0. The zero-order chi connectivity index (χ0) is 13.5. The summed E-state index contributed by atoms with van der Waals surface area (Å²) in [6, 6.07) is 6.45. The van der Waals surface area contributed by atoms with Crippen molar-refractivity contribution in [3.8, 4) is 0 Å². The smallest absolute Gasteiger partial charge is 0.0345 e. The Bertz CT molecular complexity index is 478. The van der Waals surface area contributed by atoms with Crippen molar-refractivity contribution in [2.45, 2.75) is 27.7 Å². The molecule has 1 aromatic rings. The standard InChI is InChI=1S/C17H23N/c1-6-13(2)14(3)8-7-11-18-17-10-9-15(4)16(5)12-17/h6-10,12,18H,1,11H2,2-5H3/b8-7-,14-13-. The van der Waals surface area contributed by atoms with E-state index < -0.39 is 0 Å². The second kappa shape index (κ2) is 6.85. The van der Waals surface area contributed by atoms with Crippen LogP contribution in [-0.4, -0.2) is 6.54 Å². The van der Waals surface area contributed by atoms with Crippen LogP contribution in [0.1, 0.15) is 25.0 Å². The van der Waals surface area contributed by atoms with E-state index in [1.807, 2.05) is 6.08 Å². The van der Waals surface area contributed by atoms with Gasteiger partial charge in [0.1, 0.15) is 0 Å². The summed E-state index contributed by atoms with van der Waals surface area (Å²) in [6.45, 7) is 13.0. The van der Waals surface area contributed by atoms with E-state index in [4.69, 9.17) is 0 Å². The Labute approximate surface area is 111 Å². The van der Waals surface area contributed by atoms with Crippen molar-refractivity contribution in [1.82, 2.24) is 0 Å². The maximum absolute atomic E-state index is 3.77. The van der Waals surface area contributed by atoms with Gasteiger partial charge in [-0.15, -0.1) is 0 Å². The normalized spacial score (nSPS) is 12.4. The molecule has 1 N–H and O–H groups in total. The molecule has 0 spiro atoms. The first-order chi connectivity index (χ1) is 8.54. The highest BCUT2D eigenvalue weighted by Gasteiger charge is 1.94. The second-order valence-corrected chi connectivity index (χ2v) is 4.65. The van der Waals surface area contributed by atoms with Crippen LogP contribution in [0.5, 0.6) is 0 Å². The van der Waals surface area contributed by atoms with Gasteiger partial charge in [-0.3, -0.25) is 0 Å². The first kappa shape index (κ1) is 14.3. The number of hydrogen-bond donors (Lipinski definition) is 1. The number of benzene rings is 1. The number of allylic oxidation sites excluding steroid dienone is 4. The average Bonchev–Trinajstić information content (AvgIpc) is 2.37. The minimum Gasteiger partial charge on any atom is -0.382 e. The first-order valence-corrected chi connectivity index (χ1v) is 6.32. The van der Waals surface area contributed by atoms with Crippen LogP contribution in [0.4, 0.5) is 5.69 Å². The molecule has 1 heteroatoms. The van der Waals surface area contributed by atoms with E-state index in [0.29, 0.717) is 0 Å². The summed E-state index contributed by atoms with van der Waals surface area (Å²) in [7, 11) is 0. The van der Waals surface area contributed by atoms with Crippen molar-refractivity contribution in [3.63, 3.8) is 0 Å². The summed E-state index contributed by atoms with van der Waals surface area (Å²) in [5.41, 5.74) is 6.30. The number of hydrogen-bond acceptors (Lipinski definition) is 1. The highest BCUT2D eigenvalue weighted by atomic mass is 14.8. The Morgan fingerprint density at radius 2 is 1.89 bits per heavy atom. The number of aryl methyl sites for hydroxylation is 2. The Kier molecular flexibility index (Phi) is 5.44. The van der Waals surface area contributed by atoms with Crippen LogP contribution in [0, 0.1) is 13.8 Å². The fraction of sp³-hybridized carbons (Fsp3) is 0.294. The second-order valence-electron chi connectivity index (χ2n) is 4.65. The predicted octanol–water partition coefficient (Wildman–Crippen LogP) is 4.79. The van der Waals surface area contributed by atoms with Crippen molar-refractivity contribution >= 4 is 5.69 Å². The van der Waals surface area contributed by atoms with Gasteiger partial charge in [0.25, 0.3) is 0 Å². The molecular weight excluding hydrogens is 218 g/mol. The van der Waals surface area contributed by atoms with Gasteiger partial charge in [-0.1, -0.05) is 30.9 Å². The Balaban J connectivity index is 2.54. The van der Waals surface area contributed by atoms with Crippen molar-refractivity contribution in [1.29, 1.82) is 0 Å². The average molecular weight is 241 g/mol. The SMILES string of the molecule is C=C/C(C)=C(C)\C=C/CNc1ccc(C)c(C)c1. The van der Waals surface area contributed by atoms with Crippen molar-refractivity contribution in [2.75, 3.05) is 11.9 Å². The lowest BCUT2D eigenvalue weighted by Gasteiger charge is -2.06. The van der Waals surface area contributed by atoms with Gasteiger partial charge in [-0.05, 0) is 62.1 Å². The van der Waals surface area contributed by atoms with E-state index >= 15 is 0 Å². The van der Waals surface area contributed by atoms with Gasteiger partial charge >= 0.3 is 0 Å². The quantitative estimate of drug-likeness (QED) is 0.730. The largest absolute Gasteiger partial charge is 0.382 e. The van der Waals surface area contributed by atoms with Crippen LogP contribution in [0.25, 0.3) is 0 Å². The monoisotopic (exact) mass is 241 g/mol. The third-order valence-corrected chi connectivity index (χ3v) is 3.23. The topological polar surface area (TPSA) is 12.0 Å². The third kappa shape index (κ3) is 4.25. The van der Waals surface area contributed by atoms with Crippen LogP contribution in [0.2, 0.25) is 0 Å². The molecule has 0 aliphatic carbocycles. The van der Waals surface area contributed by atoms with Crippen molar-refractivity contribution in [3.05, 3.63) is 65.3 Å². The molecule has 1 aromatic carbocycles. The number of anilines is 1. The molecule has 0 aliphatic rings. The minimum atomic E-state index is 0.838. The van der Waals surface area contributed by atoms with Crippen LogP contribution < -0.4 is 5.32 Å². The Morgan fingerprint density at radius 1 is 1.17 bits per heavy atom. The van der Waals surface area contributed by atoms with E-state index in [-0.39, 0.29) is 0 Å². The Hall–Kier alpha value is -1.76. The summed E-state index contributed by atoms with van der Waals surface area (Å²) < 4.78 is 0. The Morgan fingerprint density at radius 3 is 2.50 bits per heavy atom. The molecular formula is C17H23N. The zero-order valence-electron chi connectivity index (χ0n) is 11.9. The number of rotatable bonds is 5. The first-order valence-electron chi connectivity index (χ1n) is 6.32. The van der Waals surface area contributed by atoms with Gasteiger partial charge in [0, 0.05) is 12.2 Å². The maximum Gasteiger partial charge on any atom is 0.0345 e. The van der Waals surface area contributed by atoms with Gasteiger partial charge in [-0.25, -0.2) is 0 Å². The molecule has 0 bridgehead atoms. The lowest BCUT2D eigenvalue weighted by atomic mass is 10.1. The van der Waals surface area contributed by atoms with Crippen LogP contribution >= 0.6 is 0 Å². The molecule has 0 aromatic heterocycles. The van der Waals surface area contributed by atoms with Gasteiger partial charge in [0.15, 0.2) is 0 Å². The predicted molar refractivity (Wildman–Crippen MR) is 82.1 cm³/mol. The summed E-state index contributed by atoms with van der Waals surface area (Å²) in [5.74, 6) is 0. The van der Waals surface area contributed by atoms with E-state index in [9.17, 15) is 0 Å². The number of nitrogens with one attached hydrogen (secondary N) is 1. The molecule has 18 heavy (non-hydrogen) atoms. The molecule has 0 saturated heterocycles. The molecule has 0 aliphatic heterocycles. The van der Waals surface area contributed by atoms with E-state index in [2.05, 4.69) is 69.9 Å². The van der Waals surface area contributed by atoms with Gasteiger partial charge in [-0.2, -0.15) is 0 Å². The maximum atomic E-state index is 3.77. The molecule has 0 radical (unpaired) electrons. The third-order valence-electron chi connectivity index (χ3n) is 3.23. The zero-order valence-corrected chi connectivity index (χ0v) is 11.9. The molecule has 0 unspecified atom stereocenters. The van der Waals surface area contributed by atoms with Crippen molar-refractivity contribution < 1.29 is 0 Å². The lowest BCUT2D eigenvalue weighted by molar-refractivity contribution is 1.28. The molecule has 0 atom stereocenters. The van der Waals surface area contributed by atoms with E-state index in [0.717, 1.165) is 6.54 Å². The molecule has 1 nitrogen and oxygen atoms in total. The van der Waals surface area contributed by atoms with E-state index in [1.54, 1.807) is 0 Å². The lowest BCUT2D eigenvalue weighted by Crippen LogP contribution is -1.98. The fourth-order valence-corrected chi connectivity index (χ4v) is 1.56.